The van der Waals surface area contributed by atoms with Crippen molar-refractivity contribution in [2.24, 2.45) is 11.8 Å². The van der Waals surface area contributed by atoms with Gasteiger partial charge in [0.1, 0.15) is 40.8 Å². The second-order valence-corrected chi connectivity index (χ2v) is 19.0. The highest BCUT2D eigenvalue weighted by Gasteiger charge is 2.52. The lowest BCUT2D eigenvalue weighted by atomic mass is 9.71. The summed E-state index contributed by atoms with van der Waals surface area (Å²) in [5.41, 5.74) is 1.58. The number of ether oxygens (including phenoxy) is 5. The van der Waals surface area contributed by atoms with E-state index in [-0.39, 0.29) is 96.5 Å². The van der Waals surface area contributed by atoms with Gasteiger partial charge in [-0.05, 0) is 119 Å². The van der Waals surface area contributed by atoms with Gasteiger partial charge < -0.3 is 64.2 Å². The van der Waals surface area contributed by atoms with Crippen LogP contribution < -0.4 is 14.2 Å². The van der Waals surface area contributed by atoms with Crippen molar-refractivity contribution in [3.05, 3.63) is 69.6 Å². The van der Waals surface area contributed by atoms with Gasteiger partial charge in [-0.25, -0.2) is 4.79 Å². The van der Waals surface area contributed by atoms with Gasteiger partial charge in [0.2, 0.25) is 5.76 Å². The molecule has 364 valence electrons. The molecule has 0 spiro atoms. The lowest BCUT2D eigenvalue weighted by Gasteiger charge is -2.44. The highest BCUT2D eigenvalue weighted by molar-refractivity contribution is 6.11. The number of likely N-dealkylation sites (tertiary alicyclic amines) is 1. The Morgan fingerprint density at radius 1 is 1.04 bits per heavy atom. The predicted octanol–water partition coefficient (Wildman–Crippen LogP) is 4.53. The minimum absolute atomic E-state index is 0.0130. The molecule has 1 saturated heterocycles. The minimum atomic E-state index is -2.03. The molecule has 5 aliphatic rings. The Kier molecular flexibility index (Phi) is 15.2. The van der Waals surface area contributed by atoms with Crippen LogP contribution in [0.15, 0.2) is 47.4 Å². The number of carbonyl (C=O) groups excluding carboxylic acids is 3. The molecular weight excluding hydrogens is 865 g/mol. The first kappa shape index (κ1) is 48.8. The second kappa shape index (κ2) is 20.9. The first-order valence-electron chi connectivity index (χ1n) is 24.0. The summed E-state index contributed by atoms with van der Waals surface area (Å²) in [7, 11) is 1.68. The molecule has 0 amide bonds. The van der Waals surface area contributed by atoms with Crippen LogP contribution in [0, 0.1) is 11.8 Å². The Balaban J connectivity index is 1.31. The van der Waals surface area contributed by atoms with Crippen molar-refractivity contribution in [3.8, 4) is 17.2 Å². The van der Waals surface area contributed by atoms with E-state index < -0.39 is 60.4 Å². The Morgan fingerprint density at radius 2 is 1.85 bits per heavy atom. The number of methoxy groups -OCH3 is 1. The third-order valence-corrected chi connectivity index (χ3v) is 14.8. The van der Waals surface area contributed by atoms with Gasteiger partial charge in [-0.15, -0.1) is 0 Å². The number of allylic oxidation sites excluding steroid dienone is 3. The molecule has 3 aliphatic heterocycles. The average molecular weight is 931 g/mol. The predicted molar refractivity (Wildman–Crippen MR) is 245 cm³/mol. The number of rotatable bonds is 18. The number of Topliss-reactive ketones (excluding diaryl/α,β-unsaturated/α-hetero) is 1. The molecule has 8 rings (SSSR count). The van der Waals surface area contributed by atoms with Crippen molar-refractivity contribution >= 4 is 34.5 Å². The van der Waals surface area contributed by atoms with Crippen LogP contribution in [0.25, 0.3) is 16.5 Å². The van der Waals surface area contributed by atoms with Crippen molar-refractivity contribution in [2.75, 3.05) is 53.2 Å². The molecular formula is C51H66N2O14. The average Bonchev–Trinajstić information content (AvgIpc) is 3.99. The SMILES string of the molecule is CCOC(=O)C1=C(C=O)/C(=C2\C[C@@H](CO)C(=O)[C@H](c3ccc4[nH]ccc4c3)C2)c2c(c(CO)c3c(c2O[C@@H]2CCCC(O)(O)C2)C[C@@H]([C@@](O)(CCCCO)C2CCN(CCCOC)CC2)O3)O1. The van der Waals surface area contributed by atoms with Gasteiger partial charge in [-0.2, -0.15) is 0 Å². The quantitative estimate of drug-likeness (QED) is 0.0402. The van der Waals surface area contributed by atoms with E-state index in [1.165, 1.54) is 0 Å². The number of hydrogen-bond acceptors (Lipinski definition) is 15. The number of nitrogens with zero attached hydrogens (tertiary/aromatic N) is 1. The molecule has 3 fully saturated rings. The third-order valence-electron chi connectivity index (χ3n) is 14.8. The number of piperidine rings is 1. The summed E-state index contributed by atoms with van der Waals surface area (Å²) in [6, 6.07) is 7.56. The molecule has 67 heavy (non-hydrogen) atoms. The largest absolute Gasteiger partial charge is 0.489 e. The maximum absolute atomic E-state index is 14.3. The van der Waals surface area contributed by atoms with E-state index in [0.29, 0.717) is 74.5 Å². The maximum atomic E-state index is 14.3. The smallest absolute Gasteiger partial charge is 0.375 e. The van der Waals surface area contributed by atoms with E-state index in [1.807, 2.05) is 24.3 Å². The van der Waals surface area contributed by atoms with Crippen LogP contribution in [0.2, 0.25) is 0 Å². The number of nitrogens with one attached hydrogen (secondary N) is 1. The zero-order chi connectivity index (χ0) is 47.5. The Labute approximate surface area is 390 Å². The minimum Gasteiger partial charge on any atom is -0.489 e. The number of carbonyl (C=O) groups is 3. The molecule has 16 nitrogen and oxygen atoms in total. The molecule has 2 saturated carbocycles. The molecule has 0 bridgehead atoms. The summed E-state index contributed by atoms with van der Waals surface area (Å²) in [5, 5.41) is 67.9. The summed E-state index contributed by atoms with van der Waals surface area (Å²) < 4.78 is 31.1. The number of H-pyrrole nitrogens is 1. The number of aliphatic hydroxyl groups is 6. The number of benzene rings is 2. The van der Waals surface area contributed by atoms with E-state index in [1.54, 1.807) is 20.2 Å². The molecule has 3 aromatic rings. The molecule has 0 radical (unpaired) electrons. The molecule has 2 aromatic carbocycles. The molecule has 2 aliphatic carbocycles. The summed E-state index contributed by atoms with van der Waals surface area (Å²) in [5.74, 6) is -5.13. The van der Waals surface area contributed by atoms with E-state index in [9.17, 15) is 45.0 Å². The normalized spacial score (nSPS) is 25.3. The van der Waals surface area contributed by atoms with Crippen LogP contribution >= 0.6 is 0 Å². The number of aliphatic hydroxyl groups excluding tert-OH is 3. The summed E-state index contributed by atoms with van der Waals surface area (Å²) in [4.78, 5) is 47.4. The number of fused-ring (bicyclic) bond motifs is 3. The topological polar surface area (TPSA) is 238 Å². The lowest BCUT2D eigenvalue weighted by molar-refractivity contribution is -0.196. The van der Waals surface area contributed by atoms with Crippen LogP contribution in [-0.2, 0) is 36.9 Å². The van der Waals surface area contributed by atoms with Crippen molar-refractivity contribution in [2.45, 2.75) is 127 Å². The van der Waals surface area contributed by atoms with Crippen LogP contribution in [0.4, 0.5) is 0 Å². The Morgan fingerprint density at radius 3 is 2.55 bits per heavy atom. The van der Waals surface area contributed by atoms with Crippen molar-refractivity contribution in [1.29, 1.82) is 0 Å². The van der Waals surface area contributed by atoms with Crippen LogP contribution in [0.1, 0.15) is 112 Å². The fourth-order valence-electron chi connectivity index (χ4n) is 11.3. The van der Waals surface area contributed by atoms with E-state index in [0.717, 1.165) is 37.0 Å². The Bertz CT molecular complexity index is 2360. The third kappa shape index (κ3) is 9.82. The van der Waals surface area contributed by atoms with Crippen LogP contribution in [0.3, 0.4) is 0 Å². The second-order valence-electron chi connectivity index (χ2n) is 19.0. The number of aldehydes is 1. The van der Waals surface area contributed by atoms with E-state index >= 15 is 0 Å². The van der Waals surface area contributed by atoms with Gasteiger partial charge in [-0.3, -0.25) is 9.59 Å². The molecule has 0 unspecified atom stereocenters. The van der Waals surface area contributed by atoms with E-state index in [4.69, 9.17) is 23.7 Å². The monoisotopic (exact) mass is 930 g/mol. The Hall–Kier alpha value is -4.65. The number of hydrogen-bond donors (Lipinski definition) is 7. The van der Waals surface area contributed by atoms with Gasteiger partial charge in [0.15, 0.2) is 12.1 Å². The number of aromatic nitrogens is 1. The fourth-order valence-corrected chi connectivity index (χ4v) is 11.3. The van der Waals surface area contributed by atoms with Crippen molar-refractivity contribution in [3.63, 3.8) is 0 Å². The van der Waals surface area contributed by atoms with Crippen LogP contribution in [0.5, 0.6) is 17.2 Å². The molecule has 16 heteroatoms. The first-order valence-corrected chi connectivity index (χ1v) is 24.0. The number of unbranched alkanes of at least 4 members (excludes halogenated alkanes) is 1. The highest BCUT2D eigenvalue weighted by Crippen LogP contribution is 2.58. The van der Waals surface area contributed by atoms with E-state index in [2.05, 4.69) is 9.88 Å². The maximum Gasteiger partial charge on any atom is 0.375 e. The molecule has 7 N–H and O–H groups in total. The van der Waals surface area contributed by atoms with Crippen molar-refractivity contribution < 1.29 is 68.7 Å². The summed E-state index contributed by atoms with van der Waals surface area (Å²) in [6.07, 6.45) is 5.25. The van der Waals surface area contributed by atoms with Gasteiger partial charge >= 0.3 is 5.97 Å². The first-order chi connectivity index (χ1) is 32.4. The number of ketones is 1. The number of aromatic amines is 1. The summed E-state index contributed by atoms with van der Waals surface area (Å²) >= 11 is 0. The highest BCUT2D eigenvalue weighted by atomic mass is 16.6. The number of esters is 1. The summed E-state index contributed by atoms with van der Waals surface area (Å²) in [6.45, 7) is 3.39. The zero-order valence-corrected chi connectivity index (χ0v) is 38.6. The molecule has 1 aromatic heterocycles. The lowest BCUT2D eigenvalue weighted by Crippen LogP contribution is -2.54. The van der Waals surface area contributed by atoms with Crippen LogP contribution in [-0.4, -0.2) is 135 Å². The van der Waals surface area contributed by atoms with Gasteiger partial charge in [0.05, 0.1) is 36.5 Å². The zero-order valence-electron chi connectivity index (χ0n) is 38.6. The fraction of sp³-hybridized carbons (Fsp3) is 0.588. The van der Waals surface area contributed by atoms with Gasteiger partial charge in [-0.1, -0.05) is 11.6 Å². The van der Waals surface area contributed by atoms with Crippen molar-refractivity contribution in [1.82, 2.24) is 9.88 Å². The van der Waals surface area contributed by atoms with Gasteiger partial charge in [0, 0.05) is 80.8 Å². The molecule has 4 heterocycles. The standard InChI is InChI=1S/C51H66N2O14/c1-3-64-49(59)48-38(28-56)42(32-23-33(27-55)44(58)36(24-32)30-9-10-40-31(22-30)11-16-52-40)43-46(65-35-8-6-14-50(60,61)26-35)37-25-41(66-45(37)39(29-57)47(43)67-48)51(62,15-4-5-20-54)34-12-18-53(19-13-34)17-7-21-63-2/h9-11,16,22,28,33-36,41,52,54-55,57,60-62H,3-8,12-15,17-21,23-27,29H2,1-2H3/b42-32-/t33-,35+,36-,41-,51+/m0/s1. The van der Waals surface area contributed by atoms with Gasteiger partial charge in [0.25, 0.3) is 0 Å². The molecule has 5 atom stereocenters.